The number of hydrogen-bond acceptors (Lipinski definition) is 2. The van der Waals surface area contributed by atoms with Crippen LogP contribution in [0.4, 0.5) is 14.5 Å². The molecule has 1 aliphatic rings. The van der Waals surface area contributed by atoms with Gasteiger partial charge in [0, 0.05) is 38.4 Å². The molecule has 0 atom stereocenters. The summed E-state index contributed by atoms with van der Waals surface area (Å²) in [5, 5.41) is 0. The van der Waals surface area contributed by atoms with Crippen LogP contribution in [0.25, 0.3) is 0 Å². The van der Waals surface area contributed by atoms with Crippen LogP contribution in [-0.4, -0.2) is 43.6 Å². The highest BCUT2D eigenvalue weighted by molar-refractivity contribution is 14.0. The molecular weight excluding hydrogens is 449 g/mol. The molecule has 0 saturated carbocycles. The highest BCUT2D eigenvalue weighted by Crippen LogP contribution is 2.16. The molecule has 0 aromatic heterocycles. The summed E-state index contributed by atoms with van der Waals surface area (Å²) in [5.74, 6) is 0.0894. The van der Waals surface area contributed by atoms with Crippen LogP contribution in [-0.2, 0) is 6.42 Å². The first-order valence-electron chi connectivity index (χ1n) is 8.41. The van der Waals surface area contributed by atoms with Crippen LogP contribution in [0.3, 0.4) is 0 Å². The van der Waals surface area contributed by atoms with Gasteiger partial charge in [-0.3, -0.25) is 4.99 Å². The third-order valence-corrected chi connectivity index (χ3v) is 4.38. The smallest absolute Gasteiger partial charge is 0.191 e. The van der Waals surface area contributed by atoms with Gasteiger partial charge in [0.2, 0.25) is 0 Å². The minimum absolute atomic E-state index is 0. The van der Waals surface area contributed by atoms with E-state index >= 15 is 0 Å². The maximum atomic E-state index is 13.0. The minimum atomic E-state index is -0.231. The third-order valence-electron chi connectivity index (χ3n) is 4.38. The average Bonchev–Trinajstić information content (AvgIpc) is 2.64. The van der Waals surface area contributed by atoms with Crippen molar-refractivity contribution >= 4 is 35.6 Å². The largest absolute Gasteiger partial charge is 0.370 e. The van der Waals surface area contributed by atoms with Gasteiger partial charge in [-0.05, 0) is 48.4 Å². The Labute approximate surface area is 169 Å². The van der Waals surface area contributed by atoms with Crippen LogP contribution in [0.5, 0.6) is 0 Å². The van der Waals surface area contributed by atoms with Crippen molar-refractivity contribution in [3.63, 3.8) is 0 Å². The van der Waals surface area contributed by atoms with Crippen molar-refractivity contribution in [2.45, 2.75) is 6.42 Å². The number of guanidine groups is 1. The fraction of sp³-hybridized carbons (Fsp3) is 0.316. The Hall–Kier alpha value is -1.90. The minimum Gasteiger partial charge on any atom is -0.370 e. The number of nitrogens with zero attached hydrogens (tertiary/aromatic N) is 3. The maximum absolute atomic E-state index is 13.0. The second-order valence-corrected chi connectivity index (χ2v) is 6.07. The molecule has 2 aromatic rings. The van der Waals surface area contributed by atoms with Crippen LogP contribution in [0, 0.1) is 11.6 Å². The third kappa shape index (κ3) is 5.55. The normalized spacial score (nSPS) is 14.9. The lowest BCUT2D eigenvalue weighted by atomic mass is 10.1. The molecule has 0 radical (unpaired) electrons. The molecule has 1 fully saturated rings. The van der Waals surface area contributed by atoms with Gasteiger partial charge in [0.05, 0.1) is 0 Å². The van der Waals surface area contributed by atoms with E-state index in [-0.39, 0.29) is 35.6 Å². The molecule has 1 heterocycles. The molecule has 1 aliphatic heterocycles. The number of benzene rings is 2. The van der Waals surface area contributed by atoms with E-state index in [1.165, 1.54) is 24.3 Å². The van der Waals surface area contributed by atoms with Crippen molar-refractivity contribution in [3.8, 4) is 0 Å². The zero-order chi connectivity index (χ0) is 17.6. The summed E-state index contributed by atoms with van der Waals surface area (Å²) in [6, 6.07) is 13.0. The lowest BCUT2D eigenvalue weighted by molar-refractivity contribution is 0.381. The van der Waals surface area contributed by atoms with E-state index in [2.05, 4.69) is 14.8 Å². The van der Waals surface area contributed by atoms with Crippen LogP contribution in [0.2, 0.25) is 0 Å². The monoisotopic (exact) mass is 472 g/mol. The van der Waals surface area contributed by atoms with Crippen molar-refractivity contribution in [3.05, 3.63) is 65.7 Å². The van der Waals surface area contributed by atoms with E-state index in [1.807, 2.05) is 0 Å². The van der Waals surface area contributed by atoms with Gasteiger partial charge in [-0.1, -0.05) is 12.1 Å². The van der Waals surface area contributed by atoms with Crippen molar-refractivity contribution in [1.82, 2.24) is 4.90 Å². The average molecular weight is 472 g/mol. The number of rotatable bonds is 4. The summed E-state index contributed by atoms with van der Waals surface area (Å²) >= 11 is 0. The number of aliphatic imine (C=N–C) groups is 1. The molecule has 1 saturated heterocycles. The number of piperazine rings is 1. The molecule has 2 N–H and O–H groups in total. The van der Waals surface area contributed by atoms with Gasteiger partial charge in [0.15, 0.2) is 5.96 Å². The maximum Gasteiger partial charge on any atom is 0.191 e. The van der Waals surface area contributed by atoms with Gasteiger partial charge in [0.1, 0.15) is 11.6 Å². The molecular formula is C19H23F2IN4. The van der Waals surface area contributed by atoms with E-state index in [1.54, 1.807) is 24.3 Å². The van der Waals surface area contributed by atoms with E-state index in [0.29, 0.717) is 12.5 Å². The highest BCUT2D eigenvalue weighted by Gasteiger charge is 2.18. The van der Waals surface area contributed by atoms with E-state index in [9.17, 15) is 8.78 Å². The quantitative estimate of drug-likeness (QED) is 0.422. The Balaban J connectivity index is 0.00000243. The summed E-state index contributed by atoms with van der Waals surface area (Å²) in [4.78, 5) is 8.70. The molecule has 3 rings (SSSR count). The van der Waals surface area contributed by atoms with Gasteiger partial charge < -0.3 is 15.5 Å². The molecule has 140 valence electrons. The van der Waals surface area contributed by atoms with Crippen LogP contribution in [0.1, 0.15) is 5.56 Å². The summed E-state index contributed by atoms with van der Waals surface area (Å²) in [7, 11) is 0. The Kier molecular flexibility index (Phi) is 7.62. The summed E-state index contributed by atoms with van der Waals surface area (Å²) in [5.41, 5.74) is 8.15. The molecule has 2 aromatic carbocycles. The first kappa shape index (κ1) is 20.4. The van der Waals surface area contributed by atoms with Crippen LogP contribution < -0.4 is 10.6 Å². The molecule has 0 bridgehead atoms. The summed E-state index contributed by atoms with van der Waals surface area (Å²) < 4.78 is 25.9. The topological polar surface area (TPSA) is 44.9 Å². The Morgan fingerprint density at radius 3 is 2.00 bits per heavy atom. The Morgan fingerprint density at radius 1 is 0.885 bits per heavy atom. The molecule has 4 nitrogen and oxygen atoms in total. The SMILES string of the molecule is I.NC(=NCCc1ccc(F)cc1)N1CCN(c2ccc(F)cc2)CC1. The van der Waals surface area contributed by atoms with Gasteiger partial charge in [-0.15, -0.1) is 24.0 Å². The number of anilines is 1. The Morgan fingerprint density at radius 2 is 1.42 bits per heavy atom. The molecule has 7 heteroatoms. The van der Waals surface area contributed by atoms with Gasteiger partial charge in [-0.2, -0.15) is 0 Å². The lowest BCUT2D eigenvalue weighted by Gasteiger charge is -2.36. The lowest BCUT2D eigenvalue weighted by Crippen LogP contribution is -2.51. The first-order chi connectivity index (χ1) is 12.1. The van der Waals surface area contributed by atoms with Crippen LogP contribution >= 0.6 is 24.0 Å². The number of halogens is 3. The first-order valence-corrected chi connectivity index (χ1v) is 8.41. The molecule has 0 unspecified atom stereocenters. The van der Waals surface area contributed by atoms with Crippen molar-refractivity contribution in [2.24, 2.45) is 10.7 Å². The summed E-state index contributed by atoms with van der Waals surface area (Å²) in [6.07, 6.45) is 0.733. The zero-order valence-electron chi connectivity index (χ0n) is 14.4. The van der Waals surface area contributed by atoms with Crippen molar-refractivity contribution in [2.75, 3.05) is 37.6 Å². The van der Waals surface area contributed by atoms with Crippen molar-refractivity contribution < 1.29 is 8.78 Å². The molecule has 0 spiro atoms. The predicted octanol–water partition coefficient (Wildman–Crippen LogP) is 3.26. The van der Waals surface area contributed by atoms with E-state index < -0.39 is 0 Å². The van der Waals surface area contributed by atoms with Gasteiger partial charge in [-0.25, -0.2) is 8.78 Å². The van der Waals surface area contributed by atoms with Gasteiger partial charge in [0.25, 0.3) is 0 Å². The van der Waals surface area contributed by atoms with Gasteiger partial charge >= 0.3 is 0 Å². The second-order valence-electron chi connectivity index (χ2n) is 6.07. The van der Waals surface area contributed by atoms with Crippen molar-refractivity contribution in [1.29, 1.82) is 0 Å². The molecule has 0 amide bonds. The van der Waals surface area contributed by atoms with E-state index in [4.69, 9.17) is 5.73 Å². The molecule has 0 aliphatic carbocycles. The predicted molar refractivity (Wildman–Crippen MR) is 112 cm³/mol. The second kappa shape index (κ2) is 9.70. The standard InChI is InChI=1S/C19H22F2N4.HI/c20-16-3-1-15(2-4-16)9-10-23-19(22)25-13-11-24(12-14-25)18-7-5-17(21)6-8-18;/h1-8H,9-14H2,(H2,22,23);1H. The summed E-state index contributed by atoms with van der Waals surface area (Å²) in [6.45, 7) is 3.78. The number of nitrogens with two attached hydrogens (primary N) is 1. The Bertz CT molecular complexity index is 711. The van der Waals surface area contributed by atoms with E-state index in [0.717, 1.165) is 43.9 Å². The zero-order valence-corrected chi connectivity index (χ0v) is 16.8. The highest BCUT2D eigenvalue weighted by atomic mass is 127. The number of hydrogen-bond donors (Lipinski definition) is 1. The fourth-order valence-corrected chi connectivity index (χ4v) is 2.90. The van der Waals surface area contributed by atoms with Crippen LogP contribution in [0.15, 0.2) is 53.5 Å². The fourth-order valence-electron chi connectivity index (χ4n) is 2.90. The molecule has 26 heavy (non-hydrogen) atoms.